The van der Waals surface area contributed by atoms with Gasteiger partial charge in [0.1, 0.15) is 4.99 Å². The monoisotopic (exact) mass is 242 g/mol. The molecule has 0 saturated carbocycles. The molecular weight excluding hydrogens is 232 g/mol. The van der Waals surface area contributed by atoms with Crippen LogP contribution in [0.3, 0.4) is 0 Å². The van der Waals surface area contributed by atoms with E-state index in [0.29, 0.717) is 4.99 Å². The summed E-state index contributed by atoms with van der Waals surface area (Å²) < 4.78 is 0. The summed E-state index contributed by atoms with van der Waals surface area (Å²) in [4.78, 5) is 8.58. The Labute approximate surface area is 104 Å². The lowest BCUT2D eigenvalue weighted by atomic mass is 10.3. The molecule has 0 saturated heterocycles. The second-order valence-electron chi connectivity index (χ2n) is 3.19. The first kappa shape index (κ1) is 11.3. The van der Waals surface area contributed by atoms with Crippen molar-refractivity contribution < 1.29 is 0 Å². The zero-order valence-corrected chi connectivity index (χ0v) is 9.76. The Morgan fingerprint density at radius 3 is 2.71 bits per heavy atom. The predicted octanol–water partition coefficient (Wildman–Crippen LogP) is 1.78. The molecule has 0 spiro atoms. The molecule has 0 fully saturated rings. The summed E-state index contributed by atoms with van der Waals surface area (Å²) in [5, 5.41) is 4.02. The van der Waals surface area contributed by atoms with E-state index in [0.717, 1.165) is 11.3 Å². The molecule has 0 aliphatic heterocycles. The van der Waals surface area contributed by atoms with E-state index < -0.39 is 0 Å². The Morgan fingerprint density at radius 1 is 1.18 bits per heavy atom. The fourth-order valence-electron chi connectivity index (χ4n) is 1.18. The van der Waals surface area contributed by atoms with Crippen molar-refractivity contribution in [2.45, 2.75) is 0 Å². The zero-order chi connectivity index (χ0) is 11.9. The van der Waals surface area contributed by atoms with Crippen molar-refractivity contribution in [2.75, 3.05) is 0 Å². The molecule has 2 rings (SSSR count). The third-order valence-electron chi connectivity index (χ3n) is 1.99. The van der Waals surface area contributed by atoms with Crippen LogP contribution in [0.4, 0.5) is 0 Å². The van der Waals surface area contributed by atoms with Crippen LogP contribution < -0.4 is 5.43 Å². The molecule has 2 heterocycles. The normalized spacial score (nSPS) is 10.4. The fraction of sp³-hybridized carbons (Fsp3) is 0. The van der Waals surface area contributed by atoms with Crippen molar-refractivity contribution in [3.05, 3.63) is 60.2 Å². The maximum absolute atomic E-state index is 5.16. The van der Waals surface area contributed by atoms with E-state index in [-0.39, 0.29) is 0 Å². The van der Waals surface area contributed by atoms with Gasteiger partial charge in [0.15, 0.2) is 0 Å². The zero-order valence-electron chi connectivity index (χ0n) is 8.95. The standard InChI is InChI=1S/C12H10N4S/c17-12(10-4-7-13-8-5-10)16-15-9-11-3-1-2-6-14-11/h1-9H,(H,16,17). The molecule has 2 aromatic heterocycles. The summed E-state index contributed by atoms with van der Waals surface area (Å²) in [6.07, 6.45) is 6.70. The minimum Gasteiger partial charge on any atom is -0.267 e. The van der Waals surface area contributed by atoms with E-state index in [1.165, 1.54) is 0 Å². The molecule has 1 N–H and O–H groups in total. The van der Waals surface area contributed by atoms with Crippen LogP contribution in [-0.2, 0) is 0 Å². The molecule has 0 radical (unpaired) electrons. The Balaban J connectivity index is 1.95. The first-order chi connectivity index (χ1) is 8.36. The Hall–Kier alpha value is -2.14. The van der Waals surface area contributed by atoms with Gasteiger partial charge in [0, 0.05) is 24.2 Å². The van der Waals surface area contributed by atoms with Gasteiger partial charge in [0.25, 0.3) is 0 Å². The lowest BCUT2D eigenvalue weighted by Gasteiger charge is -2.01. The number of hydrazone groups is 1. The van der Waals surface area contributed by atoms with Gasteiger partial charge in [-0.1, -0.05) is 18.3 Å². The highest BCUT2D eigenvalue weighted by atomic mass is 32.1. The van der Waals surface area contributed by atoms with Gasteiger partial charge in [-0.05, 0) is 24.3 Å². The number of pyridine rings is 2. The molecule has 0 aromatic carbocycles. The topological polar surface area (TPSA) is 50.2 Å². The first-order valence-electron chi connectivity index (χ1n) is 5.01. The van der Waals surface area contributed by atoms with Gasteiger partial charge in [-0.25, -0.2) is 0 Å². The van der Waals surface area contributed by atoms with Crippen molar-refractivity contribution in [3.63, 3.8) is 0 Å². The summed E-state index contributed by atoms with van der Waals surface area (Å²) in [5.41, 5.74) is 4.44. The van der Waals surface area contributed by atoms with Crippen LogP contribution in [0.25, 0.3) is 0 Å². The van der Waals surface area contributed by atoms with Crippen molar-refractivity contribution >= 4 is 23.4 Å². The molecule has 0 amide bonds. The van der Waals surface area contributed by atoms with E-state index in [2.05, 4.69) is 20.5 Å². The molecule has 0 unspecified atom stereocenters. The lowest BCUT2D eigenvalue weighted by molar-refractivity contribution is 1.05. The van der Waals surface area contributed by atoms with E-state index in [4.69, 9.17) is 12.2 Å². The number of thiocarbonyl (C=S) groups is 1. The maximum atomic E-state index is 5.16. The highest BCUT2D eigenvalue weighted by molar-refractivity contribution is 7.80. The highest BCUT2D eigenvalue weighted by Crippen LogP contribution is 1.97. The Morgan fingerprint density at radius 2 is 2.00 bits per heavy atom. The lowest BCUT2D eigenvalue weighted by Crippen LogP contribution is -2.16. The van der Waals surface area contributed by atoms with Crippen LogP contribution >= 0.6 is 12.2 Å². The van der Waals surface area contributed by atoms with E-state index in [1.807, 2.05) is 30.3 Å². The smallest absolute Gasteiger partial charge is 0.126 e. The van der Waals surface area contributed by atoms with E-state index in [9.17, 15) is 0 Å². The van der Waals surface area contributed by atoms with E-state index in [1.54, 1.807) is 24.8 Å². The number of aromatic nitrogens is 2. The second kappa shape index (κ2) is 5.81. The van der Waals surface area contributed by atoms with Gasteiger partial charge in [-0.3, -0.25) is 15.4 Å². The molecule has 0 atom stereocenters. The summed E-state index contributed by atoms with van der Waals surface area (Å²) in [6, 6.07) is 9.26. The average Bonchev–Trinajstić information content (AvgIpc) is 2.41. The maximum Gasteiger partial charge on any atom is 0.126 e. The summed E-state index contributed by atoms with van der Waals surface area (Å²) >= 11 is 5.16. The fourth-order valence-corrected chi connectivity index (χ4v) is 1.37. The van der Waals surface area contributed by atoms with Crippen molar-refractivity contribution in [3.8, 4) is 0 Å². The average molecular weight is 242 g/mol. The number of nitrogens with one attached hydrogen (secondary N) is 1. The number of hydrogen-bond donors (Lipinski definition) is 1. The van der Waals surface area contributed by atoms with Crippen LogP contribution in [0.1, 0.15) is 11.3 Å². The second-order valence-corrected chi connectivity index (χ2v) is 3.60. The SMILES string of the molecule is S=C(NN=Cc1ccccn1)c1ccncc1. The largest absolute Gasteiger partial charge is 0.267 e. The van der Waals surface area contributed by atoms with E-state index >= 15 is 0 Å². The van der Waals surface area contributed by atoms with Gasteiger partial charge in [0.2, 0.25) is 0 Å². The summed E-state index contributed by atoms with van der Waals surface area (Å²) in [7, 11) is 0. The predicted molar refractivity (Wildman–Crippen MR) is 70.9 cm³/mol. The van der Waals surface area contributed by atoms with Gasteiger partial charge in [-0.15, -0.1) is 0 Å². The Bertz CT molecular complexity index is 511. The summed E-state index contributed by atoms with van der Waals surface area (Å²) in [5.74, 6) is 0. The number of rotatable bonds is 3. The van der Waals surface area contributed by atoms with Gasteiger partial charge in [0.05, 0.1) is 11.9 Å². The molecule has 84 valence electrons. The number of nitrogens with zero attached hydrogens (tertiary/aromatic N) is 3. The third-order valence-corrected chi connectivity index (χ3v) is 2.32. The quantitative estimate of drug-likeness (QED) is 0.506. The molecule has 0 bridgehead atoms. The first-order valence-corrected chi connectivity index (χ1v) is 5.41. The van der Waals surface area contributed by atoms with Crippen LogP contribution in [-0.4, -0.2) is 21.2 Å². The minimum absolute atomic E-state index is 0.555. The van der Waals surface area contributed by atoms with Crippen molar-refractivity contribution in [2.24, 2.45) is 5.10 Å². The van der Waals surface area contributed by atoms with Gasteiger partial charge >= 0.3 is 0 Å². The Kier molecular flexibility index (Phi) is 3.88. The molecule has 4 nitrogen and oxygen atoms in total. The van der Waals surface area contributed by atoms with Crippen LogP contribution in [0.2, 0.25) is 0 Å². The van der Waals surface area contributed by atoms with Crippen LogP contribution in [0, 0.1) is 0 Å². The van der Waals surface area contributed by atoms with Crippen LogP contribution in [0.15, 0.2) is 54.0 Å². The van der Waals surface area contributed by atoms with Gasteiger partial charge < -0.3 is 0 Å². The molecule has 17 heavy (non-hydrogen) atoms. The van der Waals surface area contributed by atoms with Crippen molar-refractivity contribution in [1.82, 2.24) is 15.4 Å². The molecule has 5 heteroatoms. The molecule has 0 aliphatic rings. The van der Waals surface area contributed by atoms with Crippen molar-refractivity contribution in [1.29, 1.82) is 0 Å². The molecular formula is C12H10N4S. The third kappa shape index (κ3) is 3.42. The van der Waals surface area contributed by atoms with Crippen LogP contribution in [0.5, 0.6) is 0 Å². The minimum atomic E-state index is 0.555. The molecule has 2 aromatic rings. The summed E-state index contributed by atoms with van der Waals surface area (Å²) in [6.45, 7) is 0. The molecule has 0 aliphatic carbocycles. The highest BCUT2D eigenvalue weighted by Gasteiger charge is 1.96. The number of hydrogen-bond acceptors (Lipinski definition) is 4. The van der Waals surface area contributed by atoms with Gasteiger partial charge in [-0.2, -0.15) is 5.10 Å².